The Kier molecular flexibility index (Phi) is 9.61. The van der Waals surface area contributed by atoms with Crippen LogP contribution in [-0.2, 0) is 6.42 Å². The number of rotatable bonds is 6. The summed E-state index contributed by atoms with van der Waals surface area (Å²) < 4.78 is 123. The molecule has 0 fully saturated rings. The molecule has 0 N–H and O–H groups in total. The summed E-state index contributed by atoms with van der Waals surface area (Å²) in [5.41, 5.74) is 16.8. The molecule has 1 aliphatic rings. The van der Waals surface area contributed by atoms with E-state index in [9.17, 15) is 8.22 Å². The van der Waals surface area contributed by atoms with Crippen LogP contribution in [0, 0.1) is 0 Å². The molecule has 17 aromatic carbocycles. The van der Waals surface area contributed by atoms with E-state index in [2.05, 4.69) is 97.1 Å². The second-order valence-electron chi connectivity index (χ2n) is 23.8. The summed E-state index contributed by atoms with van der Waals surface area (Å²) in [5.74, 6) is 0. The summed E-state index contributed by atoms with van der Waals surface area (Å²) in [5, 5.41) is 10.6. The predicted octanol–water partition coefficient (Wildman–Crippen LogP) is 25.7. The van der Waals surface area contributed by atoms with Gasteiger partial charge in [-0.05, 0) is 173 Å². The monoisotopic (exact) mass is 1190 g/mol. The van der Waals surface area contributed by atoms with Crippen LogP contribution in [0.2, 0.25) is 0 Å². The van der Waals surface area contributed by atoms with E-state index >= 15 is 0 Å². The fraction of sp³-hybridized carbons (Fsp3) is 0.0110. The molecule has 0 spiro atoms. The second-order valence-corrected chi connectivity index (χ2v) is 23.8. The van der Waals surface area contributed by atoms with E-state index in [0.29, 0.717) is 49.6 Å². The van der Waals surface area contributed by atoms with E-state index < -0.39 is 24.2 Å². The van der Waals surface area contributed by atoms with Gasteiger partial charge < -0.3 is 8.83 Å². The third-order valence-corrected chi connectivity index (χ3v) is 19.0. The van der Waals surface area contributed by atoms with Gasteiger partial charge >= 0.3 is 0 Å². The third kappa shape index (κ3) is 8.22. The van der Waals surface area contributed by atoms with E-state index in [1.165, 1.54) is 22.3 Å². The van der Waals surface area contributed by atoms with Crippen molar-refractivity contribution in [3.05, 3.63) is 338 Å². The van der Waals surface area contributed by atoms with Crippen LogP contribution >= 0.6 is 0 Å². The first-order valence-electron chi connectivity index (χ1n) is 37.2. The number of fused-ring (bicyclic) bond motifs is 15. The van der Waals surface area contributed by atoms with Crippen LogP contribution in [0.4, 0.5) is 0 Å². The van der Waals surface area contributed by atoms with Crippen molar-refractivity contribution in [2.75, 3.05) is 0 Å². The van der Waals surface area contributed by atoms with Gasteiger partial charge in [-0.2, -0.15) is 0 Å². The van der Waals surface area contributed by atoms with Gasteiger partial charge in [-0.15, -0.1) is 0 Å². The Bertz CT molecular complexity index is 6940. The van der Waals surface area contributed by atoms with E-state index in [1.807, 2.05) is 158 Å². The molecular weight excluding hydrogens is 1120 g/mol. The molecule has 0 bridgehead atoms. The highest BCUT2D eigenvalue weighted by Gasteiger charge is 2.28. The Morgan fingerprint density at radius 3 is 1.12 bits per heavy atom. The highest BCUT2D eigenvalue weighted by Crippen LogP contribution is 2.53. The van der Waals surface area contributed by atoms with Crippen LogP contribution in [-0.4, -0.2) is 0 Å². The molecule has 0 atom stereocenters. The highest BCUT2D eigenvalue weighted by atomic mass is 16.3. The summed E-state index contributed by atoms with van der Waals surface area (Å²) in [6, 6.07) is 81.0. The first-order valence-corrected chi connectivity index (χ1v) is 31.2. The first-order chi connectivity index (χ1) is 51.2. The lowest BCUT2D eigenvalue weighted by Crippen LogP contribution is -1.93. The fourth-order valence-corrected chi connectivity index (χ4v) is 15.0. The number of hydrogen-bond donors (Lipinski definition) is 0. The van der Waals surface area contributed by atoms with Crippen molar-refractivity contribution >= 4 is 109 Å². The predicted molar refractivity (Wildman–Crippen MR) is 393 cm³/mol. The molecular formula is C91H56O2. The Morgan fingerprint density at radius 2 is 0.581 bits per heavy atom. The summed E-state index contributed by atoms with van der Waals surface area (Å²) in [6.45, 7) is 0. The van der Waals surface area contributed by atoms with Crippen molar-refractivity contribution < 1.29 is 25.3 Å². The molecule has 432 valence electrons. The summed E-state index contributed by atoms with van der Waals surface area (Å²) >= 11 is 0. The molecule has 0 aliphatic heterocycles. The van der Waals surface area contributed by atoms with Gasteiger partial charge in [0.25, 0.3) is 0 Å². The molecule has 2 heteroatoms. The van der Waals surface area contributed by atoms with E-state index in [4.69, 9.17) is 17.1 Å². The van der Waals surface area contributed by atoms with Gasteiger partial charge in [0.2, 0.25) is 0 Å². The Labute approximate surface area is 554 Å². The maximum atomic E-state index is 9.56. The van der Waals surface area contributed by atoms with Gasteiger partial charge in [0, 0.05) is 32.7 Å². The molecule has 0 unspecified atom stereocenters. The van der Waals surface area contributed by atoms with E-state index in [1.54, 1.807) is 0 Å². The average molecular weight is 1190 g/mol. The number of para-hydroxylation sites is 2. The molecule has 0 saturated carbocycles. The highest BCUT2D eigenvalue weighted by molar-refractivity contribution is 6.30. The zero-order valence-corrected chi connectivity index (χ0v) is 49.8. The van der Waals surface area contributed by atoms with Gasteiger partial charge in [-0.1, -0.05) is 303 Å². The number of benzene rings is 17. The largest absolute Gasteiger partial charge is 0.455 e. The zero-order chi connectivity index (χ0) is 71.5. The Balaban J connectivity index is 0.000000144. The molecule has 2 aromatic heterocycles. The van der Waals surface area contributed by atoms with Gasteiger partial charge in [0.15, 0.2) is 0 Å². The van der Waals surface area contributed by atoms with E-state index in [-0.39, 0.29) is 69.9 Å². The van der Waals surface area contributed by atoms with Crippen molar-refractivity contribution in [1.82, 2.24) is 0 Å². The minimum absolute atomic E-state index is 0.0507. The van der Waals surface area contributed by atoms with Crippen molar-refractivity contribution in [2.45, 2.75) is 6.42 Å². The lowest BCUT2D eigenvalue weighted by molar-refractivity contribution is 0.669. The lowest BCUT2D eigenvalue weighted by Gasteiger charge is -2.19. The second kappa shape index (κ2) is 21.3. The molecule has 2 nitrogen and oxygen atoms in total. The SMILES string of the molecule is [2H]c1c([2H])c([2H])c2c(-c3ccc(-c4cccc5c4Cc4ccccc4-5)c4oc5ccccc5c34)c3ccccc3c(-c3cccc4ccccc34)c2c1[2H].[2H]c1c([2H])c([2H])c2c(-c3ccc(-c4ccccc4)c4oc5ccccc5c34)c3c([2H])c([2H])c([2H])c([2H])c3c(-c3cccc4ccccc34)c2c1[2H]. The average Bonchev–Trinajstić information content (AvgIpc) is 1.54. The van der Waals surface area contributed by atoms with Gasteiger partial charge in [-0.3, -0.25) is 0 Å². The third-order valence-electron chi connectivity index (χ3n) is 19.0. The molecule has 0 radical (unpaired) electrons. The first kappa shape index (κ1) is 42.0. The molecule has 2 heterocycles. The van der Waals surface area contributed by atoms with Crippen LogP contribution in [0.5, 0.6) is 0 Å². The van der Waals surface area contributed by atoms with Crippen molar-refractivity contribution in [1.29, 1.82) is 0 Å². The summed E-state index contributed by atoms with van der Waals surface area (Å²) in [7, 11) is 0. The van der Waals surface area contributed by atoms with Crippen LogP contribution in [0.3, 0.4) is 0 Å². The topological polar surface area (TPSA) is 26.3 Å². The Hall–Kier alpha value is -12.1. The van der Waals surface area contributed by atoms with Gasteiger partial charge in [-0.25, -0.2) is 0 Å². The molecule has 19 aromatic rings. The molecule has 1 aliphatic carbocycles. The van der Waals surface area contributed by atoms with E-state index in [0.717, 1.165) is 111 Å². The number of furan rings is 2. The number of hydrogen-bond acceptors (Lipinski definition) is 2. The lowest BCUT2D eigenvalue weighted by atomic mass is 9.83. The zero-order valence-electron chi connectivity index (χ0n) is 61.8. The molecule has 20 rings (SSSR count). The van der Waals surface area contributed by atoms with Crippen LogP contribution in [0.25, 0.3) is 186 Å². The molecule has 0 saturated heterocycles. The minimum atomic E-state index is -0.438. The van der Waals surface area contributed by atoms with Crippen LogP contribution in [0.15, 0.2) is 336 Å². The standard InChI is InChI=1S/C49H30O.C42H26O/c1-3-16-32-30(13-1)15-11-25-36(32)46-37-18-5-7-20-39(37)47(40-21-8-6-19-38(40)46)43-28-27-41(49-48(43)42-22-9-10-26-45(42)50-49)35-24-12-23-34-33-17-4-2-14-31(33)29-44(34)35;1-2-13-28(14-3-1)30-25-26-37(41-36-22-10-11-24-38(36)43-42(30)41)40-34-20-8-6-18-32(34)39(33-19-7-9-21-35(33)40)31-23-12-16-27-15-4-5-17-29(27)31/h1-28H,29H2;1-26H/i5D,7D,18D,20D;6D,7D,8D,9D,18D,19D,20D,21D. The normalized spacial score (nSPS) is 13.8. The summed E-state index contributed by atoms with van der Waals surface area (Å²) in [4.78, 5) is 0. The van der Waals surface area contributed by atoms with Gasteiger partial charge in [0.05, 0.1) is 16.4 Å². The van der Waals surface area contributed by atoms with Crippen LogP contribution in [0.1, 0.15) is 27.6 Å². The van der Waals surface area contributed by atoms with Crippen LogP contribution < -0.4 is 0 Å². The quantitative estimate of drug-likeness (QED) is 0.155. The summed E-state index contributed by atoms with van der Waals surface area (Å²) in [6.07, 6.45) is 0.840. The molecule has 93 heavy (non-hydrogen) atoms. The van der Waals surface area contributed by atoms with Gasteiger partial charge in [0.1, 0.15) is 22.3 Å². The Morgan fingerprint density at radius 1 is 0.237 bits per heavy atom. The fourth-order valence-electron chi connectivity index (χ4n) is 15.0. The minimum Gasteiger partial charge on any atom is -0.455 e. The molecule has 0 amide bonds. The van der Waals surface area contributed by atoms with Crippen molar-refractivity contribution in [3.63, 3.8) is 0 Å². The maximum Gasteiger partial charge on any atom is 0.143 e. The maximum absolute atomic E-state index is 9.56. The smallest absolute Gasteiger partial charge is 0.143 e. The van der Waals surface area contributed by atoms with Crippen molar-refractivity contribution in [2.24, 2.45) is 0 Å². The van der Waals surface area contributed by atoms with Crippen molar-refractivity contribution in [3.8, 4) is 77.9 Å².